The van der Waals surface area contributed by atoms with E-state index in [0.717, 1.165) is 12.1 Å². The van der Waals surface area contributed by atoms with E-state index in [0.29, 0.717) is 11.3 Å². The molecule has 1 atom stereocenters. The summed E-state index contributed by atoms with van der Waals surface area (Å²) in [5, 5.41) is 2.80. The van der Waals surface area contributed by atoms with Crippen LogP contribution < -0.4 is 15.6 Å². The average molecular weight is 403 g/mol. The molecule has 3 aromatic rings. The standard InChI is InChI=1S/C20H16F3N3O3/c1-26-12-14(7-10-17(26)27)19(28)25-18(16-4-2-3-11-24-16)13-5-8-15(9-6-13)29-20(21,22)23/h2-12,18H,1H3,(H,25,28). The molecule has 1 unspecified atom stereocenters. The van der Waals surface area contributed by atoms with Crippen LogP contribution in [0.1, 0.15) is 27.7 Å². The molecule has 1 N–H and O–H groups in total. The van der Waals surface area contributed by atoms with Crippen LogP contribution >= 0.6 is 0 Å². The van der Waals surface area contributed by atoms with Gasteiger partial charge in [0.25, 0.3) is 5.91 Å². The Morgan fingerprint density at radius 1 is 1.10 bits per heavy atom. The number of alkyl halides is 3. The lowest BCUT2D eigenvalue weighted by molar-refractivity contribution is -0.274. The van der Waals surface area contributed by atoms with Crippen LogP contribution in [0, 0.1) is 0 Å². The lowest BCUT2D eigenvalue weighted by atomic mass is 10.0. The van der Waals surface area contributed by atoms with Crippen LogP contribution in [0.5, 0.6) is 5.75 Å². The minimum Gasteiger partial charge on any atom is -0.406 e. The first-order valence-electron chi connectivity index (χ1n) is 8.47. The highest BCUT2D eigenvalue weighted by Gasteiger charge is 2.31. The molecule has 3 rings (SSSR count). The SMILES string of the molecule is Cn1cc(C(=O)NC(c2ccc(OC(F)(F)F)cc2)c2ccccn2)ccc1=O. The van der Waals surface area contributed by atoms with E-state index in [4.69, 9.17) is 0 Å². The predicted molar refractivity (Wildman–Crippen MR) is 98.4 cm³/mol. The van der Waals surface area contributed by atoms with Gasteiger partial charge in [-0.2, -0.15) is 0 Å². The van der Waals surface area contributed by atoms with Crippen LogP contribution in [-0.4, -0.2) is 21.8 Å². The lowest BCUT2D eigenvalue weighted by Gasteiger charge is -2.19. The maximum absolute atomic E-state index is 12.7. The molecule has 0 radical (unpaired) electrons. The second-order valence-corrected chi connectivity index (χ2v) is 6.14. The monoisotopic (exact) mass is 403 g/mol. The van der Waals surface area contributed by atoms with Gasteiger partial charge in [0, 0.05) is 25.5 Å². The summed E-state index contributed by atoms with van der Waals surface area (Å²) in [5.74, 6) is -0.836. The number of rotatable bonds is 5. The second-order valence-electron chi connectivity index (χ2n) is 6.14. The number of pyridine rings is 2. The van der Waals surface area contributed by atoms with Gasteiger partial charge < -0.3 is 14.6 Å². The number of nitrogens with zero attached hydrogens (tertiary/aromatic N) is 2. The third-order valence-electron chi connectivity index (χ3n) is 4.05. The quantitative estimate of drug-likeness (QED) is 0.710. The zero-order valence-corrected chi connectivity index (χ0v) is 15.2. The summed E-state index contributed by atoms with van der Waals surface area (Å²) in [5.41, 5.74) is 1.000. The zero-order valence-electron chi connectivity index (χ0n) is 15.2. The largest absolute Gasteiger partial charge is 0.573 e. The molecule has 29 heavy (non-hydrogen) atoms. The van der Waals surface area contributed by atoms with Crippen LogP contribution in [0.3, 0.4) is 0 Å². The Labute approximate surface area is 163 Å². The van der Waals surface area contributed by atoms with Crippen molar-refractivity contribution in [1.82, 2.24) is 14.9 Å². The Morgan fingerprint density at radius 2 is 1.83 bits per heavy atom. The normalized spacial score (nSPS) is 12.3. The fraction of sp³-hybridized carbons (Fsp3) is 0.150. The smallest absolute Gasteiger partial charge is 0.406 e. The predicted octanol–water partition coefficient (Wildman–Crippen LogP) is 3.20. The molecule has 0 spiro atoms. The number of aryl methyl sites for hydroxylation is 1. The molecule has 0 fully saturated rings. The van der Waals surface area contributed by atoms with E-state index in [-0.39, 0.29) is 16.9 Å². The van der Waals surface area contributed by atoms with Crippen LogP contribution in [0.15, 0.2) is 71.8 Å². The molecular formula is C20H16F3N3O3. The number of carbonyl (C=O) groups excluding carboxylic acids is 1. The van der Waals surface area contributed by atoms with Gasteiger partial charge in [-0.05, 0) is 35.9 Å². The van der Waals surface area contributed by atoms with Gasteiger partial charge >= 0.3 is 6.36 Å². The number of amides is 1. The summed E-state index contributed by atoms with van der Waals surface area (Å²) in [6, 6.07) is 12.2. The van der Waals surface area contributed by atoms with E-state index in [1.54, 1.807) is 24.4 Å². The van der Waals surface area contributed by atoms with E-state index in [1.165, 1.54) is 42.1 Å². The summed E-state index contributed by atoms with van der Waals surface area (Å²) < 4.78 is 42.3. The van der Waals surface area contributed by atoms with Crippen molar-refractivity contribution in [3.63, 3.8) is 0 Å². The maximum Gasteiger partial charge on any atom is 0.573 e. The molecule has 9 heteroatoms. The van der Waals surface area contributed by atoms with E-state index in [1.807, 2.05) is 0 Å². The summed E-state index contributed by atoms with van der Waals surface area (Å²) in [4.78, 5) is 28.4. The molecule has 0 aliphatic heterocycles. The number of hydrogen-bond donors (Lipinski definition) is 1. The van der Waals surface area contributed by atoms with Gasteiger partial charge in [-0.1, -0.05) is 18.2 Å². The number of hydrogen-bond acceptors (Lipinski definition) is 4. The van der Waals surface area contributed by atoms with Crippen molar-refractivity contribution >= 4 is 5.91 Å². The van der Waals surface area contributed by atoms with Crippen molar-refractivity contribution < 1.29 is 22.7 Å². The van der Waals surface area contributed by atoms with E-state index < -0.39 is 18.3 Å². The highest BCUT2D eigenvalue weighted by Crippen LogP contribution is 2.26. The fourth-order valence-corrected chi connectivity index (χ4v) is 2.68. The van der Waals surface area contributed by atoms with Gasteiger partial charge in [0.2, 0.25) is 5.56 Å². The molecule has 1 amide bonds. The van der Waals surface area contributed by atoms with E-state index in [2.05, 4.69) is 15.0 Å². The molecule has 0 bridgehead atoms. The first-order valence-corrected chi connectivity index (χ1v) is 8.47. The van der Waals surface area contributed by atoms with Crippen molar-refractivity contribution in [3.05, 3.63) is 94.2 Å². The van der Waals surface area contributed by atoms with Gasteiger partial charge in [0.15, 0.2) is 0 Å². The fourth-order valence-electron chi connectivity index (χ4n) is 2.68. The zero-order chi connectivity index (χ0) is 21.0. The highest BCUT2D eigenvalue weighted by molar-refractivity contribution is 5.94. The minimum atomic E-state index is -4.79. The molecule has 1 aromatic carbocycles. The number of ether oxygens (including phenoxy) is 1. The van der Waals surface area contributed by atoms with Gasteiger partial charge in [-0.3, -0.25) is 14.6 Å². The Bertz CT molecular complexity index is 1050. The number of carbonyl (C=O) groups is 1. The molecule has 0 saturated carbocycles. The first-order chi connectivity index (χ1) is 13.7. The third-order valence-corrected chi connectivity index (χ3v) is 4.05. The van der Waals surface area contributed by atoms with Crippen LogP contribution in [-0.2, 0) is 7.05 Å². The Balaban J connectivity index is 1.90. The molecule has 0 aliphatic carbocycles. The van der Waals surface area contributed by atoms with Crippen molar-refractivity contribution in [2.45, 2.75) is 12.4 Å². The van der Waals surface area contributed by atoms with Gasteiger partial charge in [0.05, 0.1) is 17.3 Å². The Kier molecular flexibility index (Phi) is 5.67. The summed E-state index contributed by atoms with van der Waals surface area (Å²) in [6.45, 7) is 0. The topological polar surface area (TPSA) is 73.2 Å². The highest BCUT2D eigenvalue weighted by atomic mass is 19.4. The van der Waals surface area contributed by atoms with E-state index >= 15 is 0 Å². The number of aromatic nitrogens is 2. The number of nitrogens with one attached hydrogen (secondary N) is 1. The minimum absolute atomic E-state index is 0.255. The van der Waals surface area contributed by atoms with E-state index in [9.17, 15) is 22.8 Å². The lowest BCUT2D eigenvalue weighted by Crippen LogP contribution is -2.31. The molecule has 0 saturated heterocycles. The first kappa shape index (κ1) is 20.1. The maximum atomic E-state index is 12.7. The van der Waals surface area contributed by atoms with Gasteiger partial charge in [0.1, 0.15) is 5.75 Å². The number of halogens is 3. The average Bonchev–Trinajstić information content (AvgIpc) is 2.68. The summed E-state index contributed by atoms with van der Waals surface area (Å²) in [6.07, 6.45) is -1.85. The van der Waals surface area contributed by atoms with Crippen LogP contribution in [0.2, 0.25) is 0 Å². The molecule has 2 aromatic heterocycles. The molecular weight excluding hydrogens is 387 g/mol. The number of benzene rings is 1. The van der Waals surface area contributed by atoms with Gasteiger partial charge in [-0.15, -0.1) is 13.2 Å². The summed E-state index contributed by atoms with van der Waals surface area (Å²) in [7, 11) is 1.52. The Hall–Kier alpha value is -3.62. The summed E-state index contributed by atoms with van der Waals surface area (Å²) >= 11 is 0. The van der Waals surface area contributed by atoms with Crippen molar-refractivity contribution in [2.24, 2.45) is 7.05 Å². The molecule has 150 valence electrons. The third kappa shape index (κ3) is 5.22. The van der Waals surface area contributed by atoms with Crippen molar-refractivity contribution in [1.29, 1.82) is 0 Å². The molecule has 0 aliphatic rings. The van der Waals surface area contributed by atoms with Crippen molar-refractivity contribution in [3.8, 4) is 5.75 Å². The van der Waals surface area contributed by atoms with Gasteiger partial charge in [-0.25, -0.2) is 0 Å². The Morgan fingerprint density at radius 3 is 2.41 bits per heavy atom. The van der Waals surface area contributed by atoms with Crippen molar-refractivity contribution in [2.75, 3.05) is 0 Å². The van der Waals surface area contributed by atoms with Crippen LogP contribution in [0.25, 0.3) is 0 Å². The second kappa shape index (κ2) is 8.17. The van der Waals surface area contributed by atoms with Crippen LogP contribution in [0.4, 0.5) is 13.2 Å². The molecule has 6 nitrogen and oxygen atoms in total. The molecule has 2 heterocycles.